The summed E-state index contributed by atoms with van der Waals surface area (Å²) in [6.07, 6.45) is 0.817. The van der Waals surface area contributed by atoms with Gasteiger partial charge in [0.1, 0.15) is 0 Å². The summed E-state index contributed by atoms with van der Waals surface area (Å²) in [6, 6.07) is 18.0. The van der Waals surface area contributed by atoms with E-state index in [9.17, 15) is 5.11 Å². The molecule has 3 heteroatoms. The molecule has 1 atom stereocenters. The number of benzene rings is 2. The highest BCUT2D eigenvalue weighted by molar-refractivity contribution is 6.30. The predicted molar refractivity (Wildman–Crippen MR) is 79.3 cm³/mol. The largest absolute Gasteiger partial charge is 0.395 e. The fraction of sp³-hybridized carbons (Fsp3) is 0.250. The van der Waals surface area contributed by atoms with Gasteiger partial charge in [-0.15, -0.1) is 0 Å². The Labute approximate surface area is 119 Å². The smallest absolute Gasteiger partial charge is 0.0587 e. The van der Waals surface area contributed by atoms with Gasteiger partial charge in [0.05, 0.1) is 6.61 Å². The van der Waals surface area contributed by atoms with E-state index in [2.05, 4.69) is 17.4 Å². The molecule has 0 aliphatic heterocycles. The second kappa shape index (κ2) is 7.29. The SMILES string of the molecule is OCC(Cc1ccccc1)NCc1cccc(Cl)c1. The first-order valence-corrected chi connectivity index (χ1v) is 6.78. The van der Waals surface area contributed by atoms with Crippen molar-refractivity contribution in [2.24, 2.45) is 0 Å². The van der Waals surface area contributed by atoms with Crippen LogP contribution in [-0.2, 0) is 13.0 Å². The lowest BCUT2D eigenvalue weighted by atomic mass is 10.1. The Hall–Kier alpha value is -1.35. The molecule has 0 saturated carbocycles. The molecule has 100 valence electrons. The minimum Gasteiger partial charge on any atom is -0.395 e. The van der Waals surface area contributed by atoms with Crippen LogP contribution in [0.4, 0.5) is 0 Å². The summed E-state index contributed by atoms with van der Waals surface area (Å²) in [5, 5.41) is 13.5. The number of halogens is 1. The fourth-order valence-corrected chi connectivity index (χ4v) is 2.22. The first-order chi connectivity index (χ1) is 9.28. The number of nitrogens with one attached hydrogen (secondary N) is 1. The van der Waals surface area contributed by atoms with Crippen molar-refractivity contribution in [3.05, 3.63) is 70.7 Å². The molecule has 0 bridgehead atoms. The zero-order chi connectivity index (χ0) is 13.5. The summed E-state index contributed by atoms with van der Waals surface area (Å²) in [6.45, 7) is 0.827. The van der Waals surface area contributed by atoms with Crippen LogP contribution in [0, 0.1) is 0 Å². The average Bonchev–Trinajstić information content (AvgIpc) is 2.44. The van der Waals surface area contributed by atoms with Crippen LogP contribution < -0.4 is 5.32 Å². The normalized spacial score (nSPS) is 12.3. The van der Waals surface area contributed by atoms with E-state index in [1.165, 1.54) is 5.56 Å². The van der Waals surface area contributed by atoms with Gasteiger partial charge in [-0.05, 0) is 29.7 Å². The van der Waals surface area contributed by atoms with Gasteiger partial charge in [-0.2, -0.15) is 0 Å². The number of aliphatic hydroxyl groups excluding tert-OH is 1. The van der Waals surface area contributed by atoms with Crippen LogP contribution in [-0.4, -0.2) is 17.8 Å². The lowest BCUT2D eigenvalue weighted by Crippen LogP contribution is -2.34. The Kier molecular flexibility index (Phi) is 5.40. The van der Waals surface area contributed by atoms with Crippen LogP contribution in [0.5, 0.6) is 0 Å². The molecule has 19 heavy (non-hydrogen) atoms. The summed E-state index contributed by atoms with van der Waals surface area (Å²) >= 11 is 5.95. The number of hydrogen-bond donors (Lipinski definition) is 2. The lowest BCUT2D eigenvalue weighted by molar-refractivity contribution is 0.241. The van der Waals surface area contributed by atoms with Crippen LogP contribution in [0.2, 0.25) is 5.02 Å². The average molecular weight is 276 g/mol. The molecule has 2 aromatic carbocycles. The van der Waals surface area contributed by atoms with Crippen molar-refractivity contribution in [3.63, 3.8) is 0 Å². The van der Waals surface area contributed by atoms with Gasteiger partial charge in [-0.25, -0.2) is 0 Å². The van der Waals surface area contributed by atoms with Crippen molar-refractivity contribution in [2.75, 3.05) is 6.61 Å². The van der Waals surface area contributed by atoms with E-state index in [-0.39, 0.29) is 12.6 Å². The Morgan fingerprint density at radius 3 is 2.42 bits per heavy atom. The molecule has 0 spiro atoms. The van der Waals surface area contributed by atoms with E-state index < -0.39 is 0 Å². The summed E-state index contributed by atoms with van der Waals surface area (Å²) in [7, 11) is 0. The number of aliphatic hydroxyl groups is 1. The second-order valence-electron chi connectivity index (χ2n) is 4.58. The number of rotatable bonds is 6. The Bertz CT molecular complexity index is 501. The molecule has 0 heterocycles. The molecule has 2 nitrogen and oxygen atoms in total. The quantitative estimate of drug-likeness (QED) is 0.849. The fourth-order valence-electron chi connectivity index (χ4n) is 2.01. The topological polar surface area (TPSA) is 32.3 Å². The minimum atomic E-state index is 0.0568. The molecular formula is C16H18ClNO. The summed E-state index contributed by atoms with van der Waals surface area (Å²) < 4.78 is 0. The van der Waals surface area contributed by atoms with Crippen LogP contribution >= 0.6 is 11.6 Å². The maximum atomic E-state index is 9.43. The van der Waals surface area contributed by atoms with Crippen molar-refractivity contribution in [2.45, 2.75) is 19.0 Å². The monoisotopic (exact) mass is 275 g/mol. The van der Waals surface area contributed by atoms with E-state index in [4.69, 9.17) is 11.6 Å². The molecule has 2 rings (SSSR count). The van der Waals surface area contributed by atoms with Crippen molar-refractivity contribution in [3.8, 4) is 0 Å². The first kappa shape index (κ1) is 14.1. The van der Waals surface area contributed by atoms with Gasteiger partial charge in [0, 0.05) is 17.6 Å². The minimum absolute atomic E-state index is 0.0568. The van der Waals surface area contributed by atoms with E-state index in [1.54, 1.807) is 0 Å². The Morgan fingerprint density at radius 2 is 1.74 bits per heavy atom. The molecule has 0 aromatic heterocycles. The standard InChI is InChI=1S/C16H18ClNO/c17-15-8-4-7-14(9-15)11-18-16(12-19)10-13-5-2-1-3-6-13/h1-9,16,18-19H,10-12H2. The summed E-state index contributed by atoms with van der Waals surface area (Å²) in [4.78, 5) is 0. The first-order valence-electron chi connectivity index (χ1n) is 6.40. The molecular weight excluding hydrogens is 258 g/mol. The highest BCUT2D eigenvalue weighted by Gasteiger charge is 2.07. The van der Waals surface area contributed by atoms with E-state index >= 15 is 0 Å². The van der Waals surface area contributed by atoms with Crippen molar-refractivity contribution < 1.29 is 5.11 Å². The van der Waals surface area contributed by atoms with E-state index in [0.717, 1.165) is 17.0 Å². The molecule has 1 unspecified atom stereocenters. The van der Waals surface area contributed by atoms with Gasteiger partial charge in [0.2, 0.25) is 0 Å². The zero-order valence-corrected chi connectivity index (χ0v) is 11.5. The molecule has 0 amide bonds. The highest BCUT2D eigenvalue weighted by Crippen LogP contribution is 2.11. The van der Waals surface area contributed by atoms with Gasteiger partial charge in [0.15, 0.2) is 0 Å². The van der Waals surface area contributed by atoms with Crippen LogP contribution in [0.3, 0.4) is 0 Å². The van der Waals surface area contributed by atoms with Gasteiger partial charge < -0.3 is 10.4 Å². The molecule has 0 aliphatic carbocycles. The molecule has 0 fully saturated rings. The van der Waals surface area contributed by atoms with Crippen LogP contribution in [0.25, 0.3) is 0 Å². The van der Waals surface area contributed by atoms with E-state index in [0.29, 0.717) is 6.54 Å². The van der Waals surface area contributed by atoms with Crippen molar-refractivity contribution >= 4 is 11.6 Å². The maximum absolute atomic E-state index is 9.43. The molecule has 0 saturated heterocycles. The molecule has 0 aliphatic rings. The molecule has 0 radical (unpaired) electrons. The molecule has 2 aromatic rings. The van der Waals surface area contributed by atoms with Gasteiger partial charge in [-0.1, -0.05) is 54.1 Å². The highest BCUT2D eigenvalue weighted by atomic mass is 35.5. The third-order valence-corrected chi connectivity index (χ3v) is 3.26. The van der Waals surface area contributed by atoms with Crippen LogP contribution in [0.15, 0.2) is 54.6 Å². The second-order valence-corrected chi connectivity index (χ2v) is 5.02. The Morgan fingerprint density at radius 1 is 1.00 bits per heavy atom. The van der Waals surface area contributed by atoms with Gasteiger partial charge >= 0.3 is 0 Å². The van der Waals surface area contributed by atoms with Crippen molar-refractivity contribution in [1.82, 2.24) is 5.32 Å². The van der Waals surface area contributed by atoms with Crippen molar-refractivity contribution in [1.29, 1.82) is 0 Å². The third-order valence-electron chi connectivity index (χ3n) is 3.03. The third kappa shape index (κ3) is 4.67. The zero-order valence-electron chi connectivity index (χ0n) is 10.7. The number of hydrogen-bond acceptors (Lipinski definition) is 2. The maximum Gasteiger partial charge on any atom is 0.0587 e. The van der Waals surface area contributed by atoms with Gasteiger partial charge in [0.25, 0.3) is 0 Å². The Balaban J connectivity index is 1.89. The lowest BCUT2D eigenvalue weighted by Gasteiger charge is -2.16. The van der Waals surface area contributed by atoms with Crippen LogP contribution in [0.1, 0.15) is 11.1 Å². The molecule has 2 N–H and O–H groups in total. The van der Waals surface area contributed by atoms with Gasteiger partial charge in [-0.3, -0.25) is 0 Å². The predicted octanol–water partition coefficient (Wildman–Crippen LogP) is 3.03. The van der Waals surface area contributed by atoms with E-state index in [1.807, 2.05) is 42.5 Å². The summed E-state index contributed by atoms with van der Waals surface area (Å²) in [5.74, 6) is 0. The summed E-state index contributed by atoms with van der Waals surface area (Å²) in [5.41, 5.74) is 2.35.